The monoisotopic (exact) mass is 495 g/mol. The minimum absolute atomic E-state index is 0.0156. The average Bonchev–Trinajstić information content (AvgIpc) is 3.54. The van der Waals surface area contributed by atoms with Crippen LogP contribution in [0.5, 0.6) is 0 Å². The number of nitrogens with zero attached hydrogens (tertiary/aromatic N) is 8. The molecule has 5 rings (SSSR count). The Kier molecular flexibility index (Phi) is 5.96. The molecular formula is C23H20F3N9O. The summed E-state index contributed by atoms with van der Waals surface area (Å²) in [6.45, 7) is 1.41. The van der Waals surface area contributed by atoms with Gasteiger partial charge in [0.2, 0.25) is 11.9 Å². The number of hydrogen-bond acceptors (Lipinski definition) is 6. The number of anilines is 1. The Balaban J connectivity index is 1.39. The van der Waals surface area contributed by atoms with Gasteiger partial charge in [0.25, 0.3) is 6.43 Å². The van der Waals surface area contributed by atoms with E-state index in [-0.39, 0.29) is 41.5 Å². The zero-order valence-corrected chi connectivity index (χ0v) is 19.2. The van der Waals surface area contributed by atoms with E-state index in [9.17, 15) is 18.0 Å². The first-order valence-electron chi connectivity index (χ1n) is 10.9. The number of alkyl halides is 2. The molecule has 0 spiro atoms. The molecule has 0 saturated heterocycles. The van der Waals surface area contributed by atoms with Crippen LogP contribution in [0.3, 0.4) is 0 Å². The highest BCUT2D eigenvalue weighted by Gasteiger charge is 2.22. The number of benzene rings is 1. The topological polar surface area (TPSA) is 108 Å². The molecule has 1 N–H and O–H groups in total. The summed E-state index contributed by atoms with van der Waals surface area (Å²) in [6.07, 6.45) is 1.78. The molecule has 0 atom stereocenters. The van der Waals surface area contributed by atoms with Crippen LogP contribution >= 0.6 is 0 Å². The first kappa shape index (κ1) is 23.2. The van der Waals surface area contributed by atoms with Crippen molar-refractivity contribution < 1.29 is 18.0 Å². The van der Waals surface area contributed by atoms with E-state index in [1.807, 2.05) is 0 Å². The van der Waals surface area contributed by atoms with Gasteiger partial charge in [0.15, 0.2) is 5.65 Å². The van der Waals surface area contributed by atoms with Gasteiger partial charge in [0.05, 0.1) is 29.5 Å². The summed E-state index contributed by atoms with van der Waals surface area (Å²) in [6, 6.07) is 7.58. The zero-order chi connectivity index (χ0) is 25.4. The van der Waals surface area contributed by atoms with Crippen molar-refractivity contribution in [3.05, 3.63) is 71.7 Å². The molecule has 1 aromatic carbocycles. The van der Waals surface area contributed by atoms with Gasteiger partial charge in [-0.05, 0) is 19.1 Å². The van der Waals surface area contributed by atoms with E-state index in [4.69, 9.17) is 0 Å². The predicted octanol–water partition coefficient (Wildman–Crippen LogP) is 3.50. The molecule has 184 valence electrons. The second-order valence-corrected chi connectivity index (χ2v) is 8.15. The average molecular weight is 495 g/mol. The summed E-state index contributed by atoms with van der Waals surface area (Å²) in [5.41, 5.74) is 1.52. The zero-order valence-electron chi connectivity index (χ0n) is 19.2. The van der Waals surface area contributed by atoms with Gasteiger partial charge < -0.3 is 0 Å². The first-order valence-corrected chi connectivity index (χ1v) is 10.9. The predicted molar refractivity (Wildman–Crippen MR) is 124 cm³/mol. The fourth-order valence-corrected chi connectivity index (χ4v) is 3.90. The number of rotatable bonds is 7. The van der Waals surface area contributed by atoms with Gasteiger partial charge >= 0.3 is 0 Å². The van der Waals surface area contributed by atoms with Crippen molar-refractivity contribution in [1.82, 2.24) is 39.3 Å². The Morgan fingerprint density at radius 3 is 2.72 bits per heavy atom. The van der Waals surface area contributed by atoms with Crippen molar-refractivity contribution in [3.63, 3.8) is 0 Å². The van der Waals surface area contributed by atoms with Crippen molar-refractivity contribution in [2.24, 2.45) is 7.05 Å². The number of fused-ring (bicyclic) bond motifs is 1. The number of nitrogens with one attached hydrogen (secondary N) is 1. The van der Waals surface area contributed by atoms with Crippen molar-refractivity contribution in [2.45, 2.75) is 26.4 Å². The summed E-state index contributed by atoms with van der Waals surface area (Å²) < 4.78 is 45.9. The number of hydrogen-bond donors (Lipinski definition) is 1. The maximum absolute atomic E-state index is 13.9. The lowest BCUT2D eigenvalue weighted by molar-refractivity contribution is -0.116. The molecule has 0 bridgehead atoms. The second-order valence-electron chi connectivity index (χ2n) is 8.15. The molecule has 0 aliphatic heterocycles. The number of carbonyl (C=O) groups excluding carboxylic acids is 1. The molecule has 4 heterocycles. The highest BCUT2D eigenvalue weighted by atomic mass is 19.3. The third-order valence-corrected chi connectivity index (χ3v) is 5.51. The second kappa shape index (κ2) is 9.24. The lowest BCUT2D eigenvalue weighted by atomic mass is 10.1. The third kappa shape index (κ3) is 4.54. The summed E-state index contributed by atoms with van der Waals surface area (Å²) in [5.74, 6) is -0.891. The van der Waals surface area contributed by atoms with Gasteiger partial charge in [-0.2, -0.15) is 10.2 Å². The van der Waals surface area contributed by atoms with Crippen molar-refractivity contribution in [1.29, 1.82) is 0 Å². The minimum Gasteiger partial charge on any atom is -0.292 e. The molecule has 10 nitrogen and oxygen atoms in total. The number of aromatic nitrogens is 8. The van der Waals surface area contributed by atoms with Crippen molar-refractivity contribution in [2.75, 3.05) is 5.32 Å². The summed E-state index contributed by atoms with van der Waals surface area (Å²) in [4.78, 5) is 21.3. The molecular weight excluding hydrogens is 475 g/mol. The third-order valence-electron chi connectivity index (χ3n) is 5.51. The molecule has 1 amide bonds. The van der Waals surface area contributed by atoms with Crippen LogP contribution in [0.25, 0.3) is 22.3 Å². The van der Waals surface area contributed by atoms with E-state index < -0.39 is 12.3 Å². The number of pyridine rings is 1. The van der Waals surface area contributed by atoms with E-state index in [2.05, 4.69) is 30.6 Å². The molecule has 5 aromatic rings. The molecule has 36 heavy (non-hydrogen) atoms. The number of amides is 1. The Labute approximate surface area is 202 Å². The van der Waals surface area contributed by atoms with Gasteiger partial charge in [-0.15, -0.1) is 5.10 Å². The lowest BCUT2D eigenvalue weighted by Gasteiger charge is -2.07. The number of aryl methyl sites for hydroxylation is 2. The van der Waals surface area contributed by atoms with E-state index in [1.54, 1.807) is 38.4 Å². The highest BCUT2D eigenvalue weighted by Crippen LogP contribution is 2.32. The summed E-state index contributed by atoms with van der Waals surface area (Å²) in [7, 11) is 1.71. The maximum atomic E-state index is 13.9. The molecule has 0 aliphatic rings. The van der Waals surface area contributed by atoms with Gasteiger partial charge in [0.1, 0.15) is 18.7 Å². The van der Waals surface area contributed by atoms with Gasteiger partial charge in [-0.1, -0.05) is 18.2 Å². The SMILES string of the molecule is Cc1nn(CC(=O)Nc2ncn(Cc3ccccc3F)n2)c2nc(-c3cnn(C)c3)cc(C(F)F)c12. The quantitative estimate of drug-likeness (QED) is 0.370. The smallest absolute Gasteiger partial charge is 0.264 e. The van der Waals surface area contributed by atoms with Crippen LogP contribution < -0.4 is 5.32 Å². The Morgan fingerprint density at radius 2 is 2.00 bits per heavy atom. The number of carbonyl (C=O) groups is 1. The van der Waals surface area contributed by atoms with E-state index in [1.165, 1.54) is 38.7 Å². The van der Waals surface area contributed by atoms with Gasteiger partial charge in [0, 0.05) is 29.9 Å². The van der Waals surface area contributed by atoms with Crippen LogP contribution in [-0.4, -0.2) is 45.2 Å². The molecule has 0 aliphatic carbocycles. The molecule has 0 fully saturated rings. The molecule has 0 radical (unpaired) electrons. The fraction of sp³-hybridized carbons (Fsp3) is 0.217. The Hall–Kier alpha value is -4.55. The number of halogens is 3. The van der Waals surface area contributed by atoms with Crippen LogP contribution in [0.4, 0.5) is 19.1 Å². The minimum atomic E-state index is -2.77. The largest absolute Gasteiger partial charge is 0.292 e. The van der Waals surface area contributed by atoms with E-state index in [0.717, 1.165) is 0 Å². The van der Waals surface area contributed by atoms with E-state index in [0.29, 0.717) is 22.5 Å². The first-order chi connectivity index (χ1) is 17.3. The van der Waals surface area contributed by atoms with Crippen LogP contribution in [0.1, 0.15) is 23.2 Å². The molecule has 4 aromatic heterocycles. The molecule has 0 unspecified atom stereocenters. The normalized spacial score (nSPS) is 11.5. The van der Waals surface area contributed by atoms with Gasteiger partial charge in [-0.3, -0.25) is 14.8 Å². The lowest BCUT2D eigenvalue weighted by Crippen LogP contribution is -2.20. The molecule has 13 heteroatoms. The van der Waals surface area contributed by atoms with Crippen LogP contribution in [0, 0.1) is 12.7 Å². The fourth-order valence-electron chi connectivity index (χ4n) is 3.90. The van der Waals surface area contributed by atoms with Crippen molar-refractivity contribution in [3.8, 4) is 11.3 Å². The Bertz CT molecular complexity index is 1570. The molecule has 0 saturated carbocycles. The standard InChI is InChI=1S/C23H20F3N9O/c1-13-20-16(21(25)26)7-18(15-8-28-33(2)9-15)29-22(20)35(31-13)11-19(36)30-23-27-12-34(32-23)10-14-5-3-4-6-17(14)24/h3-9,12,21H,10-11H2,1-2H3,(H,30,32,36). The van der Waals surface area contributed by atoms with Crippen LogP contribution in [-0.2, 0) is 24.9 Å². The Morgan fingerprint density at radius 1 is 1.19 bits per heavy atom. The highest BCUT2D eigenvalue weighted by molar-refractivity contribution is 5.91. The van der Waals surface area contributed by atoms with E-state index >= 15 is 0 Å². The van der Waals surface area contributed by atoms with Crippen LogP contribution in [0.15, 0.2) is 49.1 Å². The van der Waals surface area contributed by atoms with Gasteiger partial charge in [-0.25, -0.2) is 32.5 Å². The maximum Gasteiger partial charge on any atom is 0.264 e. The summed E-state index contributed by atoms with van der Waals surface area (Å²) >= 11 is 0. The van der Waals surface area contributed by atoms with Crippen LogP contribution in [0.2, 0.25) is 0 Å². The summed E-state index contributed by atoms with van der Waals surface area (Å²) in [5, 5.41) is 15.2. The van der Waals surface area contributed by atoms with Crippen molar-refractivity contribution >= 4 is 22.9 Å².